The first-order chi connectivity index (χ1) is 10.2. The van der Waals surface area contributed by atoms with Crippen LogP contribution >= 0.6 is 15.9 Å². The van der Waals surface area contributed by atoms with Gasteiger partial charge in [0.15, 0.2) is 0 Å². The summed E-state index contributed by atoms with van der Waals surface area (Å²) in [6.07, 6.45) is 4.97. The second-order valence-electron chi connectivity index (χ2n) is 4.85. The van der Waals surface area contributed by atoms with Crippen LogP contribution in [0.25, 0.3) is 0 Å². The van der Waals surface area contributed by atoms with Crippen molar-refractivity contribution in [2.24, 2.45) is 0 Å². The van der Waals surface area contributed by atoms with Crippen LogP contribution in [0.5, 0.6) is 5.75 Å². The molecule has 0 amide bonds. The Kier molecular flexibility index (Phi) is 5.82. The maximum absolute atomic E-state index is 5.31. The number of hydrogen-bond acceptors (Lipinski definition) is 3. The van der Waals surface area contributed by atoms with Crippen molar-refractivity contribution in [2.45, 2.75) is 32.9 Å². The highest BCUT2D eigenvalue weighted by Crippen LogP contribution is 2.30. The van der Waals surface area contributed by atoms with Crippen LogP contribution in [-0.4, -0.2) is 23.2 Å². The van der Waals surface area contributed by atoms with Gasteiger partial charge in [0.2, 0.25) is 0 Å². The number of benzene rings is 1. The first-order valence-electron chi connectivity index (χ1n) is 7.29. The summed E-state index contributed by atoms with van der Waals surface area (Å²) < 4.78 is 8.44. The lowest BCUT2D eigenvalue weighted by molar-refractivity contribution is 0.411. The van der Waals surface area contributed by atoms with Crippen molar-refractivity contribution in [2.75, 3.05) is 13.7 Å². The topological polar surface area (TPSA) is 39.1 Å². The number of imidazole rings is 1. The van der Waals surface area contributed by atoms with Crippen molar-refractivity contribution in [3.63, 3.8) is 0 Å². The highest BCUT2D eigenvalue weighted by molar-refractivity contribution is 9.10. The number of methoxy groups -OCH3 is 1. The van der Waals surface area contributed by atoms with Gasteiger partial charge in [0.1, 0.15) is 11.6 Å². The molecule has 0 radical (unpaired) electrons. The molecule has 0 fully saturated rings. The smallest absolute Gasteiger partial charge is 0.133 e. The molecular formula is C16H22BrN3O. The van der Waals surface area contributed by atoms with Gasteiger partial charge in [-0.25, -0.2) is 4.98 Å². The Morgan fingerprint density at radius 3 is 2.81 bits per heavy atom. The maximum Gasteiger partial charge on any atom is 0.133 e. The van der Waals surface area contributed by atoms with E-state index in [1.54, 1.807) is 7.11 Å². The lowest BCUT2D eigenvalue weighted by Crippen LogP contribution is -2.26. The van der Waals surface area contributed by atoms with Gasteiger partial charge in [-0.15, -0.1) is 0 Å². The minimum absolute atomic E-state index is 0.0853. The molecule has 1 atom stereocenters. The van der Waals surface area contributed by atoms with Crippen LogP contribution in [0.15, 0.2) is 35.1 Å². The van der Waals surface area contributed by atoms with Crippen molar-refractivity contribution in [3.8, 4) is 5.75 Å². The highest BCUT2D eigenvalue weighted by atomic mass is 79.9. The molecule has 0 bridgehead atoms. The van der Waals surface area contributed by atoms with Crippen LogP contribution < -0.4 is 10.1 Å². The van der Waals surface area contributed by atoms with Crippen LogP contribution in [0.3, 0.4) is 0 Å². The largest absolute Gasteiger partial charge is 0.496 e. The first-order valence-corrected chi connectivity index (χ1v) is 8.08. The number of rotatable bonds is 7. The van der Waals surface area contributed by atoms with E-state index >= 15 is 0 Å². The van der Waals surface area contributed by atoms with E-state index in [4.69, 9.17) is 4.74 Å². The second kappa shape index (κ2) is 7.61. The van der Waals surface area contributed by atoms with E-state index in [-0.39, 0.29) is 6.04 Å². The van der Waals surface area contributed by atoms with Gasteiger partial charge in [0.25, 0.3) is 0 Å². The predicted octanol–water partition coefficient (Wildman–Crippen LogP) is 3.76. The Balaban J connectivity index is 2.38. The van der Waals surface area contributed by atoms with Gasteiger partial charge >= 0.3 is 0 Å². The van der Waals surface area contributed by atoms with Crippen LogP contribution in [-0.2, 0) is 6.54 Å². The van der Waals surface area contributed by atoms with E-state index in [1.165, 1.54) is 5.56 Å². The van der Waals surface area contributed by atoms with Gasteiger partial charge in [0.05, 0.1) is 17.6 Å². The molecule has 5 heteroatoms. The van der Waals surface area contributed by atoms with E-state index in [0.29, 0.717) is 0 Å². The lowest BCUT2D eigenvalue weighted by atomic mass is 10.1. The van der Waals surface area contributed by atoms with E-state index in [2.05, 4.69) is 56.8 Å². The lowest BCUT2D eigenvalue weighted by Gasteiger charge is -2.20. The third-order valence-electron chi connectivity index (χ3n) is 3.45. The zero-order chi connectivity index (χ0) is 15.2. The summed E-state index contributed by atoms with van der Waals surface area (Å²) in [5, 5.41) is 3.58. The summed E-state index contributed by atoms with van der Waals surface area (Å²) >= 11 is 3.56. The standard InChI is InChI=1S/C16H22BrN3O/c1-4-8-18-15(16-19-9-10-20(16)5-2)12-6-7-14(21-3)13(17)11-12/h6-7,9-11,15,18H,4-5,8H2,1-3H3. The molecule has 0 spiro atoms. The fourth-order valence-corrected chi connectivity index (χ4v) is 2.92. The molecule has 2 aromatic rings. The Labute approximate surface area is 134 Å². The zero-order valence-electron chi connectivity index (χ0n) is 12.8. The van der Waals surface area contributed by atoms with Gasteiger partial charge < -0.3 is 14.6 Å². The molecule has 1 heterocycles. The fraction of sp³-hybridized carbons (Fsp3) is 0.438. The Morgan fingerprint density at radius 2 is 2.19 bits per heavy atom. The van der Waals surface area contributed by atoms with E-state index in [0.717, 1.165) is 35.6 Å². The number of nitrogens with one attached hydrogen (secondary N) is 1. The Bertz CT molecular complexity index is 583. The average molecular weight is 352 g/mol. The average Bonchev–Trinajstić information content (AvgIpc) is 2.96. The van der Waals surface area contributed by atoms with Crippen molar-refractivity contribution in [3.05, 3.63) is 46.5 Å². The molecule has 2 rings (SSSR count). The minimum Gasteiger partial charge on any atom is -0.496 e. The Hall–Kier alpha value is -1.33. The number of hydrogen-bond donors (Lipinski definition) is 1. The molecule has 1 unspecified atom stereocenters. The molecule has 0 saturated carbocycles. The monoisotopic (exact) mass is 351 g/mol. The van der Waals surface area contributed by atoms with Crippen LogP contribution in [0.2, 0.25) is 0 Å². The molecule has 0 aliphatic heterocycles. The second-order valence-corrected chi connectivity index (χ2v) is 5.71. The first kappa shape index (κ1) is 16.0. The van der Waals surface area contributed by atoms with Crippen molar-refractivity contribution in [1.82, 2.24) is 14.9 Å². The molecule has 1 aromatic heterocycles. The van der Waals surface area contributed by atoms with E-state index < -0.39 is 0 Å². The summed E-state index contributed by atoms with van der Waals surface area (Å²) in [5.74, 6) is 1.88. The van der Waals surface area contributed by atoms with E-state index in [9.17, 15) is 0 Å². The molecule has 21 heavy (non-hydrogen) atoms. The van der Waals surface area contributed by atoms with Gasteiger partial charge in [-0.2, -0.15) is 0 Å². The third kappa shape index (κ3) is 3.66. The Morgan fingerprint density at radius 1 is 1.38 bits per heavy atom. The number of nitrogens with zero attached hydrogens (tertiary/aromatic N) is 2. The quantitative estimate of drug-likeness (QED) is 0.825. The van der Waals surface area contributed by atoms with Crippen LogP contribution in [0, 0.1) is 0 Å². The molecule has 0 aliphatic rings. The number of aryl methyl sites for hydroxylation is 1. The van der Waals surface area contributed by atoms with Crippen molar-refractivity contribution < 1.29 is 4.74 Å². The third-order valence-corrected chi connectivity index (χ3v) is 4.07. The molecule has 4 nitrogen and oxygen atoms in total. The van der Waals surface area contributed by atoms with Gasteiger partial charge in [-0.1, -0.05) is 13.0 Å². The van der Waals surface area contributed by atoms with Gasteiger partial charge in [-0.3, -0.25) is 0 Å². The zero-order valence-corrected chi connectivity index (χ0v) is 14.4. The molecule has 1 aromatic carbocycles. The number of halogens is 1. The summed E-state index contributed by atoms with van der Waals surface area (Å²) in [7, 11) is 1.68. The fourth-order valence-electron chi connectivity index (χ4n) is 2.36. The van der Waals surface area contributed by atoms with Crippen LogP contribution in [0.4, 0.5) is 0 Å². The van der Waals surface area contributed by atoms with Gasteiger partial charge in [-0.05, 0) is 53.5 Å². The van der Waals surface area contributed by atoms with Gasteiger partial charge in [0, 0.05) is 18.9 Å². The summed E-state index contributed by atoms with van der Waals surface area (Å²) in [6, 6.07) is 6.26. The van der Waals surface area contributed by atoms with Crippen LogP contribution in [0.1, 0.15) is 37.7 Å². The normalized spacial score (nSPS) is 12.4. The molecular weight excluding hydrogens is 330 g/mol. The SMILES string of the molecule is CCCNC(c1ccc(OC)c(Br)c1)c1nccn1CC. The maximum atomic E-state index is 5.31. The van der Waals surface area contributed by atoms with Crippen molar-refractivity contribution in [1.29, 1.82) is 0 Å². The number of aromatic nitrogens is 2. The van der Waals surface area contributed by atoms with E-state index in [1.807, 2.05) is 18.5 Å². The minimum atomic E-state index is 0.0853. The summed E-state index contributed by atoms with van der Waals surface area (Å²) in [4.78, 5) is 4.54. The molecule has 0 aliphatic carbocycles. The summed E-state index contributed by atoms with van der Waals surface area (Å²) in [6.45, 7) is 6.16. The number of ether oxygens (including phenoxy) is 1. The summed E-state index contributed by atoms with van der Waals surface area (Å²) in [5.41, 5.74) is 1.18. The predicted molar refractivity (Wildman–Crippen MR) is 88.7 cm³/mol. The molecule has 1 N–H and O–H groups in total. The van der Waals surface area contributed by atoms with Crippen molar-refractivity contribution >= 4 is 15.9 Å². The molecule has 0 saturated heterocycles. The molecule has 114 valence electrons. The highest BCUT2D eigenvalue weighted by Gasteiger charge is 2.19.